The van der Waals surface area contributed by atoms with E-state index in [4.69, 9.17) is 10.2 Å². The second-order valence-electron chi connectivity index (χ2n) is 4.22. The van der Waals surface area contributed by atoms with Crippen LogP contribution in [-0.2, 0) is 0 Å². The Morgan fingerprint density at radius 2 is 1.84 bits per heavy atom. The topological polar surface area (TPSA) is 76.5 Å². The first-order valence-electron chi connectivity index (χ1n) is 5.77. The summed E-state index contributed by atoms with van der Waals surface area (Å²) >= 11 is 0. The Morgan fingerprint density at radius 1 is 1.11 bits per heavy atom. The Morgan fingerprint density at radius 3 is 2.53 bits per heavy atom. The fraction of sp³-hybridized carbons (Fsp3) is 0. The van der Waals surface area contributed by atoms with Gasteiger partial charge in [-0.05, 0) is 18.2 Å². The average Bonchev–Trinajstić information content (AvgIpc) is 2.77. The van der Waals surface area contributed by atoms with Crippen molar-refractivity contribution in [3.05, 3.63) is 54.1 Å². The largest absolute Gasteiger partial charge is 0.504 e. The van der Waals surface area contributed by atoms with Gasteiger partial charge >= 0.3 is 0 Å². The van der Waals surface area contributed by atoms with Crippen LogP contribution < -0.4 is 5.73 Å². The van der Waals surface area contributed by atoms with Crippen molar-refractivity contribution in [3.8, 4) is 17.1 Å². The van der Waals surface area contributed by atoms with Crippen LogP contribution in [0.2, 0.25) is 0 Å². The standard InChI is InChI=1S/C15H11NO3/c16-15(18)10-6-7-12-11(8-10)13(17)14(19-12)9-4-2-1-3-5-9/h1-8,17H,(H2,16,18). The van der Waals surface area contributed by atoms with E-state index >= 15 is 0 Å². The lowest BCUT2D eigenvalue weighted by atomic mass is 10.1. The lowest BCUT2D eigenvalue weighted by Crippen LogP contribution is -2.10. The van der Waals surface area contributed by atoms with E-state index < -0.39 is 5.91 Å². The van der Waals surface area contributed by atoms with E-state index in [2.05, 4.69) is 0 Å². The molecule has 0 aliphatic carbocycles. The van der Waals surface area contributed by atoms with Crippen molar-refractivity contribution in [2.45, 2.75) is 0 Å². The number of carbonyl (C=O) groups is 1. The molecule has 3 aromatic rings. The van der Waals surface area contributed by atoms with E-state index in [0.717, 1.165) is 5.56 Å². The third-order valence-corrected chi connectivity index (χ3v) is 2.98. The highest BCUT2D eigenvalue weighted by atomic mass is 16.4. The number of carbonyl (C=O) groups excluding carboxylic acids is 1. The van der Waals surface area contributed by atoms with Crippen molar-refractivity contribution in [1.82, 2.24) is 0 Å². The summed E-state index contributed by atoms with van der Waals surface area (Å²) < 4.78 is 5.62. The number of hydrogen-bond acceptors (Lipinski definition) is 3. The monoisotopic (exact) mass is 253 g/mol. The SMILES string of the molecule is NC(=O)c1ccc2oc(-c3ccccc3)c(O)c2c1. The van der Waals surface area contributed by atoms with Crippen LogP contribution in [0.25, 0.3) is 22.3 Å². The van der Waals surface area contributed by atoms with Crippen LogP contribution in [0.15, 0.2) is 52.9 Å². The van der Waals surface area contributed by atoms with E-state index in [9.17, 15) is 9.90 Å². The highest BCUT2D eigenvalue weighted by Crippen LogP contribution is 2.39. The number of hydrogen-bond donors (Lipinski definition) is 2. The van der Waals surface area contributed by atoms with Gasteiger partial charge in [0.1, 0.15) is 5.58 Å². The van der Waals surface area contributed by atoms with E-state index in [1.807, 2.05) is 30.3 Å². The fourth-order valence-electron chi connectivity index (χ4n) is 2.02. The van der Waals surface area contributed by atoms with Crippen molar-refractivity contribution in [3.63, 3.8) is 0 Å². The van der Waals surface area contributed by atoms with E-state index in [1.165, 1.54) is 6.07 Å². The molecule has 0 radical (unpaired) electrons. The minimum Gasteiger partial charge on any atom is -0.504 e. The molecular formula is C15H11NO3. The Kier molecular flexibility index (Phi) is 2.49. The van der Waals surface area contributed by atoms with Gasteiger partial charge in [-0.3, -0.25) is 4.79 Å². The predicted octanol–water partition coefficient (Wildman–Crippen LogP) is 2.90. The number of primary amides is 1. The summed E-state index contributed by atoms with van der Waals surface area (Å²) in [6.45, 7) is 0. The molecular weight excluding hydrogens is 242 g/mol. The fourth-order valence-corrected chi connectivity index (χ4v) is 2.02. The number of furan rings is 1. The van der Waals surface area contributed by atoms with Crippen LogP contribution in [0.4, 0.5) is 0 Å². The smallest absolute Gasteiger partial charge is 0.248 e. The highest BCUT2D eigenvalue weighted by Gasteiger charge is 2.16. The number of nitrogens with two attached hydrogens (primary N) is 1. The van der Waals surface area contributed by atoms with Crippen LogP contribution >= 0.6 is 0 Å². The summed E-state index contributed by atoms with van der Waals surface area (Å²) in [6, 6.07) is 14.0. The molecule has 1 aromatic heterocycles. The summed E-state index contributed by atoms with van der Waals surface area (Å²) in [5.41, 5.74) is 6.85. The molecule has 0 atom stereocenters. The Bertz CT molecular complexity index is 760. The molecule has 19 heavy (non-hydrogen) atoms. The molecule has 0 aliphatic heterocycles. The minimum atomic E-state index is -0.538. The summed E-state index contributed by atoms with van der Waals surface area (Å²) in [6.07, 6.45) is 0. The molecule has 4 heteroatoms. The molecule has 4 nitrogen and oxygen atoms in total. The minimum absolute atomic E-state index is 0.0179. The molecule has 0 spiro atoms. The zero-order chi connectivity index (χ0) is 13.4. The Labute approximate surface area is 109 Å². The molecule has 94 valence electrons. The van der Waals surface area contributed by atoms with Crippen LogP contribution in [0.1, 0.15) is 10.4 Å². The van der Waals surface area contributed by atoms with Gasteiger partial charge in [0.15, 0.2) is 11.5 Å². The molecule has 0 bridgehead atoms. The second-order valence-corrected chi connectivity index (χ2v) is 4.22. The van der Waals surface area contributed by atoms with Crippen molar-refractivity contribution in [2.75, 3.05) is 0 Å². The van der Waals surface area contributed by atoms with Crippen LogP contribution in [0.5, 0.6) is 5.75 Å². The molecule has 3 rings (SSSR count). The molecule has 2 aromatic carbocycles. The first-order chi connectivity index (χ1) is 9.16. The van der Waals surface area contributed by atoms with Gasteiger partial charge in [0.2, 0.25) is 5.91 Å². The quantitative estimate of drug-likeness (QED) is 0.737. The van der Waals surface area contributed by atoms with Gasteiger partial charge in [0.05, 0.1) is 5.39 Å². The lowest BCUT2D eigenvalue weighted by molar-refractivity contribution is 0.100. The van der Waals surface area contributed by atoms with Crippen molar-refractivity contribution in [1.29, 1.82) is 0 Å². The molecule has 1 heterocycles. The molecule has 0 saturated carbocycles. The highest BCUT2D eigenvalue weighted by molar-refractivity contribution is 5.99. The van der Waals surface area contributed by atoms with Gasteiger partial charge in [0.25, 0.3) is 0 Å². The molecule has 3 N–H and O–H groups in total. The Hall–Kier alpha value is -2.75. The summed E-state index contributed by atoms with van der Waals surface area (Å²) in [5.74, 6) is -0.134. The second kappa shape index (κ2) is 4.17. The van der Waals surface area contributed by atoms with E-state index in [1.54, 1.807) is 12.1 Å². The maximum absolute atomic E-state index is 11.1. The van der Waals surface area contributed by atoms with Crippen LogP contribution in [0.3, 0.4) is 0 Å². The predicted molar refractivity (Wildman–Crippen MR) is 71.8 cm³/mol. The Balaban J connectivity index is 2.24. The number of fused-ring (bicyclic) bond motifs is 1. The van der Waals surface area contributed by atoms with Crippen molar-refractivity contribution in [2.24, 2.45) is 5.73 Å². The molecule has 0 fully saturated rings. The number of amides is 1. The summed E-state index contributed by atoms with van der Waals surface area (Å²) in [7, 11) is 0. The van der Waals surface area contributed by atoms with Gasteiger partial charge in [-0.2, -0.15) is 0 Å². The number of aromatic hydroxyl groups is 1. The van der Waals surface area contributed by atoms with E-state index in [-0.39, 0.29) is 5.75 Å². The average molecular weight is 253 g/mol. The molecule has 0 saturated heterocycles. The summed E-state index contributed by atoms with van der Waals surface area (Å²) in [5, 5.41) is 10.7. The molecule has 0 aliphatic rings. The van der Waals surface area contributed by atoms with Gasteiger partial charge in [-0.15, -0.1) is 0 Å². The van der Waals surface area contributed by atoms with Gasteiger partial charge in [-0.1, -0.05) is 30.3 Å². The third kappa shape index (κ3) is 1.83. The van der Waals surface area contributed by atoms with Crippen LogP contribution in [-0.4, -0.2) is 11.0 Å². The maximum atomic E-state index is 11.1. The third-order valence-electron chi connectivity index (χ3n) is 2.98. The van der Waals surface area contributed by atoms with Gasteiger partial charge < -0.3 is 15.3 Å². The van der Waals surface area contributed by atoms with Crippen molar-refractivity contribution < 1.29 is 14.3 Å². The number of rotatable bonds is 2. The van der Waals surface area contributed by atoms with Crippen molar-refractivity contribution >= 4 is 16.9 Å². The van der Waals surface area contributed by atoms with Crippen LogP contribution in [0, 0.1) is 0 Å². The zero-order valence-corrected chi connectivity index (χ0v) is 9.96. The normalized spacial score (nSPS) is 10.7. The lowest BCUT2D eigenvalue weighted by Gasteiger charge is -1.96. The van der Waals surface area contributed by atoms with Gasteiger partial charge in [-0.25, -0.2) is 0 Å². The first-order valence-corrected chi connectivity index (χ1v) is 5.77. The zero-order valence-electron chi connectivity index (χ0n) is 9.96. The van der Waals surface area contributed by atoms with Gasteiger partial charge in [0, 0.05) is 11.1 Å². The first kappa shape index (κ1) is 11.3. The maximum Gasteiger partial charge on any atom is 0.248 e. The summed E-state index contributed by atoms with van der Waals surface area (Å²) in [4.78, 5) is 11.1. The van der Waals surface area contributed by atoms with E-state index in [0.29, 0.717) is 22.3 Å². The molecule has 1 amide bonds. The number of benzene rings is 2. The molecule has 0 unspecified atom stereocenters.